The van der Waals surface area contributed by atoms with Crippen LogP contribution in [0.25, 0.3) is 0 Å². The van der Waals surface area contributed by atoms with Crippen molar-refractivity contribution in [3.8, 4) is 0 Å². The predicted octanol–water partition coefficient (Wildman–Crippen LogP) is 0.0469. The molecule has 1 heterocycles. The summed E-state index contributed by atoms with van der Waals surface area (Å²) in [5, 5.41) is 0. The highest BCUT2D eigenvalue weighted by atomic mass is 16.5. The van der Waals surface area contributed by atoms with Crippen LogP contribution in [-0.4, -0.2) is 67.7 Å². The summed E-state index contributed by atoms with van der Waals surface area (Å²) in [5.41, 5.74) is 5.53. The van der Waals surface area contributed by atoms with E-state index in [1.807, 2.05) is 4.90 Å². The molecule has 1 amide bonds. The van der Waals surface area contributed by atoms with E-state index in [0.29, 0.717) is 0 Å². The minimum Gasteiger partial charge on any atom is -0.370 e. The van der Waals surface area contributed by atoms with Gasteiger partial charge in [-0.25, -0.2) is 0 Å². The molecule has 0 aromatic carbocycles. The number of methoxy groups -OCH3 is 1. The maximum atomic E-state index is 12.1. The van der Waals surface area contributed by atoms with E-state index in [9.17, 15) is 4.79 Å². The lowest BCUT2D eigenvalue weighted by Crippen LogP contribution is -2.54. The first-order valence-corrected chi connectivity index (χ1v) is 7.02. The molecule has 0 spiro atoms. The molecular formula is C13H25N3O2. The second kappa shape index (κ2) is 6.50. The van der Waals surface area contributed by atoms with E-state index in [4.69, 9.17) is 10.5 Å². The van der Waals surface area contributed by atoms with Gasteiger partial charge in [0.15, 0.2) is 0 Å². The van der Waals surface area contributed by atoms with Gasteiger partial charge in [-0.05, 0) is 12.8 Å². The molecule has 1 atom stereocenters. The van der Waals surface area contributed by atoms with Crippen LogP contribution < -0.4 is 5.73 Å². The fourth-order valence-electron chi connectivity index (χ4n) is 3.08. The van der Waals surface area contributed by atoms with Crippen molar-refractivity contribution in [2.75, 3.05) is 39.8 Å². The van der Waals surface area contributed by atoms with E-state index < -0.39 is 6.10 Å². The van der Waals surface area contributed by atoms with E-state index in [2.05, 4.69) is 4.90 Å². The fraction of sp³-hybridized carbons (Fsp3) is 0.923. The Labute approximate surface area is 109 Å². The van der Waals surface area contributed by atoms with Gasteiger partial charge in [-0.2, -0.15) is 0 Å². The van der Waals surface area contributed by atoms with Crippen molar-refractivity contribution in [2.45, 2.75) is 37.8 Å². The number of carbonyl (C=O) groups excluding carboxylic acids is 1. The van der Waals surface area contributed by atoms with E-state index in [1.165, 1.54) is 25.7 Å². The van der Waals surface area contributed by atoms with Gasteiger partial charge < -0.3 is 15.4 Å². The minimum absolute atomic E-state index is 0.0473. The van der Waals surface area contributed by atoms with Crippen LogP contribution in [0.15, 0.2) is 0 Å². The quantitative estimate of drug-likeness (QED) is 0.771. The lowest BCUT2D eigenvalue weighted by Gasteiger charge is -2.38. The molecule has 0 aromatic rings. The van der Waals surface area contributed by atoms with Crippen LogP contribution in [0.4, 0.5) is 0 Å². The molecule has 1 aliphatic heterocycles. The van der Waals surface area contributed by atoms with Crippen LogP contribution in [0.3, 0.4) is 0 Å². The molecule has 5 heteroatoms. The topological polar surface area (TPSA) is 58.8 Å². The third-order valence-electron chi connectivity index (χ3n) is 4.24. The molecule has 0 radical (unpaired) electrons. The Hall–Kier alpha value is -0.650. The highest BCUT2D eigenvalue weighted by Crippen LogP contribution is 2.24. The van der Waals surface area contributed by atoms with Gasteiger partial charge in [-0.1, -0.05) is 12.8 Å². The van der Waals surface area contributed by atoms with Crippen LogP contribution in [0.2, 0.25) is 0 Å². The van der Waals surface area contributed by atoms with Crippen molar-refractivity contribution in [2.24, 2.45) is 5.73 Å². The molecule has 1 saturated heterocycles. The monoisotopic (exact) mass is 255 g/mol. The number of carbonyl (C=O) groups is 1. The number of ether oxygens (including phenoxy) is 1. The van der Waals surface area contributed by atoms with Crippen LogP contribution in [-0.2, 0) is 9.53 Å². The average Bonchev–Trinajstić information content (AvgIpc) is 2.94. The van der Waals surface area contributed by atoms with Crippen molar-refractivity contribution >= 4 is 5.91 Å². The highest BCUT2D eigenvalue weighted by molar-refractivity contribution is 5.81. The van der Waals surface area contributed by atoms with Crippen LogP contribution in [0.1, 0.15) is 25.7 Å². The SMILES string of the molecule is COC(CN)C(=O)N1CCN(C2CCCC2)CC1. The molecule has 18 heavy (non-hydrogen) atoms. The lowest BCUT2D eigenvalue weighted by molar-refractivity contribution is -0.143. The number of nitrogens with two attached hydrogens (primary N) is 1. The van der Waals surface area contributed by atoms with Crippen LogP contribution in [0.5, 0.6) is 0 Å². The van der Waals surface area contributed by atoms with Crippen molar-refractivity contribution < 1.29 is 9.53 Å². The standard InChI is InChI=1S/C13H25N3O2/c1-18-12(10-14)13(17)16-8-6-15(7-9-16)11-4-2-3-5-11/h11-12H,2-10,14H2,1H3. The van der Waals surface area contributed by atoms with Gasteiger partial charge in [0.05, 0.1) is 0 Å². The normalized spacial score (nSPS) is 24.4. The molecule has 2 N–H and O–H groups in total. The van der Waals surface area contributed by atoms with Crippen molar-refractivity contribution in [3.05, 3.63) is 0 Å². The average molecular weight is 255 g/mol. The molecule has 1 aliphatic carbocycles. The second-order valence-electron chi connectivity index (χ2n) is 5.26. The molecule has 104 valence electrons. The summed E-state index contributed by atoms with van der Waals surface area (Å²) in [6, 6.07) is 0.759. The van der Waals surface area contributed by atoms with Crippen molar-refractivity contribution in [1.29, 1.82) is 0 Å². The molecule has 2 aliphatic rings. The molecule has 2 rings (SSSR count). The molecule has 1 saturated carbocycles. The second-order valence-corrected chi connectivity index (χ2v) is 5.26. The third-order valence-corrected chi connectivity index (χ3v) is 4.24. The summed E-state index contributed by atoms with van der Waals surface area (Å²) >= 11 is 0. The van der Waals surface area contributed by atoms with Crippen molar-refractivity contribution in [3.63, 3.8) is 0 Å². The number of piperazine rings is 1. The number of hydrogen-bond acceptors (Lipinski definition) is 4. The Kier molecular flexibility index (Phi) is 4.97. The Bertz CT molecular complexity index is 267. The number of amides is 1. The number of nitrogens with zero attached hydrogens (tertiary/aromatic N) is 2. The Morgan fingerprint density at radius 1 is 1.28 bits per heavy atom. The van der Waals surface area contributed by atoms with Gasteiger partial charge >= 0.3 is 0 Å². The zero-order valence-electron chi connectivity index (χ0n) is 11.3. The molecule has 2 fully saturated rings. The summed E-state index contributed by atoms with van der Waals surface area (Å²) in [7, 11) is 1.55. The van der Waals surface area contributed by atoms with Crippen molar-refractivity contribution in [1.82, 2.24) is 9.80 Å². The summed E-state index contributed by atoms with van der Waals surface area (Å²) in [6.45, 7) is 3.89. The van der Waals surface area contributed by atoms with Gasteiger partial charge in [0, 0.05) is 45.9 Å². The largest absolute Gasteiger partial charge is 0.370 e. The molecule has 0 aromatic heterocycles. The van der Waals surface area contributed by atoms with Gasteiger partial charge in [-0.3, -0.25) is 9.69 Å². The lowest BCUT2D eigenvalue weighted by atomic mass is 10.1. The zero-order chi connectivity index (χ0) is 13.0. The van der Waals surface area contributed by atoms with E-state index in [1.54, 1.807) is 7.11 Å². The van der Waals surface area contributed by atoms with E-state index in [-0.39, 0.29) is 12.5 Å². The minimum atomic E-state index is -0.469. The Balaban J connectivity index is 1.80. The first-order chi connectivity index (χ1) is 8.76. The van der Waals surface area contributed by atoms with Gasteiger partial charge in [0.2, 0.25) is 0 Å². The summed E-state index contributed by atoms with van der Waals surface area (Å²) in [6.07, 6.45) is 4.92. The fourth-order valence-corrected chi connectivity index (χ4v) is 3.08. The van der Waals surface area contributed by atoms with Gasteiger partial charge in [-0.15, -0.1) is 0 Å². The number of hydrogen-bond donors (Lipinski definition) is 1. The van der Waals surface area contributed by atoms with E-state index >= 15 is 0 Å². The predicted molar refractivity (Wildman–Crippen MR) is 70.3 cm³/mol. The smallest absolute Gasteiger partial charge is 0.253 e. The van der Waals surface area contributed by atoms with Crippen LogP contribution >= 0.6 is 0 Å². The molecular weight excluding hydrogens is 230 g/mol. The summed E-state index contributed by atoms with van der Waals surface area (Å²) in [5.74, 6) is 0.0473. The van der Waals surface area contributed by atoms with Gasteiger partial charge in [0.25, 0.3) is 5.91 Å². The Morgan fingerprint density at radius 3 is 2.39 bits per heavy atom. The zero-order valence-corrected chi connectivity index (χ0v) is 11.3. The first kappa shape index (κ1) is 13.8. The Morgan fingerprint density at radius 2 is 1.89 bits per heavy atom. The maximum Gasteiger partial charge on any atom is 0.253 e. The van der Waals surface area contributed by atoms with E-state index in [0.717, 1.165) is 32.2 Å². The summed E-state index contributed by atoms with van der Waals surface area (Å²) < 4.78 is 5.11. The van der Waals surface area contributed by atoms with Gasteiger partial charge in [0.1, 0.15) is 6.10 Å². The summed E-state index contributed by atoms with van der Waals surface area (Å²) in [4.78, 5) is 16.5. The molecule has 5 nitrogen and oxygen atoms in total. The molecule has 1 unspecified atom stereocenters. The highest BCUT2D eigenvalue weighted by Gasteiger charge is 2.30. The van der Waals surface area contributed by atoms with Crippen LogP contribution in [0, 0.1) is 0 Å². The number of rotatable bonds is 4. The third kappa shape index (κ3) is 3.02. The maximum absolute atomic E-state index is 12.1. The first-order valence-electron chi connectivity index (χ1n) is 7.02. The molecule has 0 bridgehead atoms.